The van der Waals surface area contributed by atoms with Crippen LogP contribution in [-0.4, -0.2) is 24.3 Å². The Morgan fingerprint density at radius 3 is 1.80 bits per heavy atom. The van der Waals surface area contributed by atoms with Gasteiger partial charge in [-0.2, -0.15) is 0 Å². The minimum absolute atomic E-state index is 0.163. The van der Waals surface area contributed by atoms with E-state index in [9.17, 15) is 9.59 Å². The van der Waals surface area contributed by atoms with E-state index in [1.165, 1.54) is 0 Å². The molecule has 0 spiro atoms. The SMILES string of the molecule is CC1(Oc2ccc(C=O)cc2)CCC(Oc2ccc(C=O)cc2)CC1. The molecule has 0 bridgehead atoms. The molecule has 0 atom stereocenters. The molecule has 3 rings (SSSR count). The van der Waals surface area contributed by atoms with Crippen LogP contribution >= 0.6 is 0 Å². The minimum atomic E-state index is -0.218. The molecule has 1 fully saturated rings. The Kier molecular flexibility index (Phi) is 5.17. The van der Waals surface area contributed by atoms with Gasteiger partial charge in [-0.05, 0) is 81.1 Å². The maximum Gasteiger partial charge on any atom is 0.150 e. The average molecular weight is 338 g/mol. The van der Waals surface area contributed by atoms with E-state index < -0.39 is 0 Å². The van der Waals surface area contributed by atoms with E-state index in [0.29, 0.717) is 11.1 Å². The van der Waals surface area contributed by atoms with Gasteiger partial charge in [-0.1, -0.05) is 0 Å². The van der Waals surface area contributed by atoms with Gasteiger partial charge in [0, 0.05) is 11.1 Å². The van der Waals surface area contributed by atoms with Crippen molar-refractivity contribution in [2.24, 2.45) is 0 Å². The molecule has 0 amide bonds. The first-order chi connectivity index (χ1) is 12.1. The Balaban J connectivity index is 1.54. The van der Waals surface area contributed by atoms with Crippen LogP contribution < -0.4 is 9.47 Å². The highest BCUT2D eigenvalue weighted by atomic mass is 16.5. The van der Waals surface area contributed by atoms with Crippen LogP contribution in [0.15, 0.2) is 48.5 Å². The number of carbonyl (C=O) groups is 2. The molecule has 0 N–H and O–H groups in total. The number of rotatable bonds is 6. The lowest BCUT2D eigenvalue weighted by molar-refractivity contribution is 0.00945. The number of aldehydes is 2. The summed E-state index contributed by atoms with van der Waals surface area (Å²) in [6, 6.07) is 14.4. The van der Waals surface area contributed by atoms with Crippen molar-refractivity contribution < 1.29 is 19.1 Å². The lowest BCUT2D eigenvalue weighted by Crippen LogP contribution is -2.39. The zero-order chi connectivity index (χ0) is 17.7. The summed E-state index contributed by atoms with van der Waals surface area (Å²) in [5, 5.41) is 0. The quantitative estimate of drug-likeness (QED) is 0.729. The predicted molar refractivity (Wildman–Crippen MR) is 95.6 cm³/mol. The van der Waals surface area contributed by atoms with Crippen LogP contribution in [-0.2, 0) is 0 Å². The molecular weight excluding hydrogens is 316 g/mol. The van der Waals surface area contributed by atoms with E-state index in [0.717, 1.165) is 49.8 Å². The average Bonchev–Trinajstić information content (AvgIpc) is 2.65. The van der Waals surface area contributed by atoms with Crippen molar-refractivity contribution >= 4 is 12.6 Å². The van der Waals surface area contributed by atoms with Gasteiger partial charge >= 0.3 is 0 Å². The molecular formula is C21H22O4. The summed E-state index contributed by atoms with van der Waals surface area (Å²) in [7, 11) is 0. The fraction of sp³-hybridized carbons (Fsp3) is 0.333. The second-order valence-electron chi connectivity index (χ2n) is 6.74. The second-order valence-corrected chi connectivity index (χ2v) is 6.74. The van der Waals surface area contributed by atoms with E-state index in [1.807, 2.05) is 24.3 Å². The van der Waals surface area contributed by atoms with Crippen molar-refractivity contribution in [2.45, 2.75) is 44.3 Å². The third-order valence-electron chi connectivity index (χ3n) is 4.69. The Hall–Kier alpha value is -2.62. The van der Waals surface area contributed by atoms with Crippen LogP contribution in [0.25, 0.3) is 0 Å². The van der Waals surface area contributed by atoms with E-state index in [-0.39, 0.29) is 11.7 Å². The molecule has 2 aromatic rings. The molecule has 1 aliphatic rings. The predicted octanol–water partition coefficient (Wildman–Crippen LogP) is 4.47. The topological polar surface area (TPSA) is 52.6 Å². The lowest BCUT2D eigenvalue weighted by Gasteiger charge is -2.37. The number of hydrogen-bond acceptors (Lipinski definition) is 4. The fourth-order valence-corrected chi connectivity index (χ4v) is 3.14. The van der Waals surface area contributed by atoms with Gasteiger partial charge in [0.05, 0.1) is 6.10 Å². The van der Waals surface area contributed by atoms with Crippen molar-refractivity contribution in [3.05, 3.63) is 59.7 Å². The van der Waals surface area contributed by atoms with Gasteiger partial charge in [0.25, 0.3) is 0 Å². The van der Waals surface area contributed by atoms with Crippen LogP contribution in [0.4, 0.5) is 0 Å². The third kappa shape index (κ3) is 4.47. The first-order valence-electron chi connectivity index (χ1n) is 8.56. The maximum absolute atomic E-state index is 10.7. The first-order valence-corrected chi connectivity index (χ1v) is 8.56. The summed E-state index contributed by atoms with van der Waals surface area (Å²) in [5.74, 6) is 1.58. The van der Waals surface area contributed by atoms with Crippen molar-refractivity contribution in [2.75, 3.05) is 0 Å². The zero-order valence-electron chi connectivity index (χ0n) is 14.3. The van der Waals surface area contributed by atoms with Crippen LogP contribution in [0.5, 0.6) is 11.5 Å². The molecule has 1 aliphatic carbocycles. The maximum atomic E-state index is 10.7. The van der Waals surface area contributed by atoms with Crippen molar-refractivity contribution in [3.8, 4) is 11.5 Å². The van der Waals surface area contributed by atoms with Crippen LogP contribution in [0, 0.1) is 0 Å². The molecule has 130 valence electrons. The molecule has 2 aromatic carbocycles. The van der Waals surface area contributed by atoms with Gasteiger partial charge in [-0.15, -0.1) is 0 Å². The highest BCUT2D eigenvalue weighted by Crippen LogP contribution is 2.34. The molecule has 4 nitrogen and oxygen atoms in total. The standard InChI is InChI=1S/C21H22O4/c1-21(25-20-8-4-17(15-23)5-9-20)12-10-19(11-13-21)24-18-6-2-16(14-22)3-7-18/h2-9,14-15,19H,10-13H2,1H3. The van der Waals surface area contributed by atoms with Gasteiger partial charge < -0.3 is 9.47 Å². The van der Waals surface area contributed by atoms with Crippen LogP contribution in [0.2, 0.25) is 0 Å². The monoisotopic (exact) mass is 338 g/mol. The lowest BCUT2D eigenvalue weighted by atomic mass is 9.84. The Morgan fingerprint density at radius 1 is 0.840 bits per heavy atom. The Labute approximate surface area is 147 Å². The molecule has 1 saturated carbocycles. The normalized spacial score (nSPS) is 22.8. The molecule has 0 saturated heterocycles. The molecule has 4 heteroatoms. The molecule has 0 aliphatic heterocycles. The Morgan fingerprint density at radius 2 is 1.32 bits per heavy atom. The zero-order valence-corrected chi connectivity index (χ0v) is 14.3. The smallest absolute Gasteiger partial charge is 0.150 e. The summed E-state index contributed by atoms with van der Waals surface area (Å²) in [4.78, 5) is 21.4. The number of hydrogen-bond donors (Lipinski definition) is 0. The molecule has 25 heavy (non-hydrogen) atoms. The molecule has 0 aromatic heterocycles. The number of benzene rings is 2. The van der Waals surface area contributed by atoms with Crippen LogP contribution in [0.3, 0.4) is 0 Å². The summed E-state index contributed by atoms with van der Waals surface area (Å²) >= 11 is 0. The fourth-order valence-electron chi connectivity index (χ4n) is 3.14. The number of ether oxygens (including phenoxy) is 2. The second kappa shape index (κ2) is 7.51. The minimum Gasteiger partial charge on any atom is -0.490 e. The first kappa shape index (κ1) is 17.2. The van der Waals surface area contributed by atoms with E-state index >= 15 is 0 Å². The van der Waals surface area contributed by atoms with Gasteiger partial charge in [-0.25, -0.2) is 0 Å². The van der Waals surface area contributed by atoms with Gasteiger partial charge in [0.2, 0.25) is 0 Å². The van der Waals surface area contributed by atoms with Gasteiger partial charge in [-0.3, -0.25) is 9.59 Å². The van der Waals surface area contributed by atoms with E-state index in [4.69, 9.17) is 9.47 Å². The summed E-state index contributed by atoms with van der Waals surface area (Å²) < 4.78 is 12.2. The van der Waals surface area contributed by atoms with E-state index in [1.54, 1.807) is 24.3 Å². The highest BCUT2D eigenvalue weighted by Gasteiger charge is 2.33. The number of carbonyl (C=O) groups excluding carboxylic acids is 2. The Bertz CT molecular complexity index is 711. The van der Waals surface area contributed by atoms with Gasteiger partial charge in [0.15, 0.2) is 0 Å². The van der Waals surface area contributed by atoms with Gasteiger partial charge in [0.1, 0.15) is 29.7 Å². The summed E-state index contributed by atoms with van der Waals surface area (Å²) in [6.07, 6.45) is 5.46. The van der Waals surface area contributed by atoms with Crippen LogP contribution in [0.1, 0.15) is 53.3 Å². The summed E-state index contributed by atoms with van der Waals surface area (Å²) in [5.41, 5.74) is 1.08. The summed E-state index contributed by atoms with van der Waals surface area (Å²) in [6.45, 7) is 2.12. The van der Waals surface area contributed by atoms with Crippen molar-refractivity contribution in [3.63, 3.8) is 0 Å². The van der Waals surface area contributed by atoms with Crippen molar-refractivity contribution in [1.82, 2.24) is 0 Å². The van der Waals surface area contributed by atoms with E-state index in [2.05, 4.69) is 6.92 Å². The molecule has 0 radical (unpaired) electrons. The molecule has 0 heterocycles. The van der Waals surface area contributed by atoms with Crippen molar-refractivity contribution in [1.29, 1.82) is 0 Å². The molecule has 0 unspecified atom stereocenters. The largest absolute Gasteiger partial charge is 0.490 e. The third-order valence-corrected chi connectivity index (χ3v) is 4.69. The highest BCUT2D eigenvalue weighted by molar-refractivity contribution is 5.75.